The van der Waals surface area contributed by atoms with Crippen LogP contribution in [0.15, 0.2) is 76.6 Å². The maximum Gasteiger partial charge on any atom is 0.274 e. The van der Waals surface area contributed by atoms with Gasteiger partial charge in [0.25, 0.3) is 11.8 Å². The largest absolute Gasteiger partial charge is 0.370 e. The van der Waals surface area contributed by atoms with Gasteiger partial charge in [0.15, 0.2) is 5.82 Å². The third-order valence-corrected chi connectivity index (χ3v) is 6.60. The second kappa shape index (κ2) is 10.9. The topological polar surface area (TPSA) is 110 Å². The van der Waals surface area contributed by atoms with E-state index in [4.69, 9.17) is 28.0 Å². The van der Waals surface area contributed by atoms with Gasteiger partial charge in [-0.2, -0.15) is 5.10 Å². The van der Waals surface area contributed by atoms with Gasteiger partial charge in [0.1, 0.15) is 10.3 Å². The molecule has 0 bridgehead atoms. The van der Waals surface area contributed by atoms with Crippen LogP contribution in [0.3, 0.4) is 0 Å². The molecule has 12 heteroatoms. The van der Waals surface area contributed by atoms with Gasteiger partial charge >= 0.3 is 0 Å². The fourth-order valence-electron chi connectivity index (χ4n) is 3.96. The first-order valence-corrected chi connectivity index (χ1v) is 12.9. The van der Waals surface area contributed by atoms with Crippen LogP contribution in [0.5, 0.6) is 0 Å². The number of nitrogens with one attached hydrogen (secondary N) is 2. The van der Waals surface area contributed by atoms with Crippen molar-refractivity contribution >= 4 is 62.3 Å². The number of aryl methyl sites for hydroxylation is 1. The zero-order valence-electron chi connectivity index (χ0n) is 19.8. The lowest BCUT2D eigenvalue weighted by atomic mass is 10.0. The first-order valence-electron chi connectivity index (χ1n) is 11.4. The zero-order chi connectivity index (χ0) is 26.8. The van der Waals surface area contributed by atoms with Gasteiger partial charge in [0.05, 0.1) is 22.8 Å². The van der Waals surface area contributed by atoms with Gasteiger partial charge in [-0.3, -0.25) is 9.59 Å². The van der Waals surface area contributed by atoms with E-state index in [-0.39, 0.29) is 18.0 Å². The molecule has 0 fully saturated rings. The number of hydrogen-bond donors (Lipinski definition) is 2. The number of halogens is 3. The van der Waals surface area contributed by atoms with Crippen molar-refractivity contribution in [1.82, 2.24) is 20.1 Å². The molecule has 1 aliphatic rings. The lowest BCUT2D eigenvalue weighted by Gasteiger charge is -2.15. The number of rotatable bonds is 6. The third kappa shape index (κ3) is 5.42. The van der Waals surface area contributed by atoms with Gasteiger partial charge in [0.2, 0.25) is 6.23 Å². The first-order chi connectivity index (χ1) is 18.3. The number of nitrogens with zero attached hydrogens (tertiary/aromatic N) is 4. The van der Waals surface area contributed by atoms with E-state index in [1.165, 1.54) is 4.68 Å². The molecular weight excluding hydrogens is 595 g/mol. The fraction of sp³-hybridized carbons (Fsp3) is 0.115. The molecule has 3 heterocycles. The van der Waals surface area contributed by atoms with Gasteiger partial charge in [0, 0.05) is 28.4 Å². The molecule has 1 atom stereocenters. The Morgan fingerprint density at radius 2 is 1.87 bits per heavy atom. The maximum atomic E-state index is 13.5. The van der Waals surface area contributed by atoms with E-state index in [9.17, 15) is 9.59 Å². The molecule has 0 spiro atoms. The Hall–Kier alpha value is -3.73. The van der Waals surface area contributed by atoms with Crippen molar-refractivity contribution in [3.8, 4) is 5.82 Å². The monoisotopic (exact) mass is 612 g/mol. The second-order valence-electron chi connectivity index (χ2n) is 8.35. The molecular formula is C26H19BrCl2N6O3. The van der Waals surface area contributed by atoms with E-state index in [1.54, 1.807) is 60.8 Å². The summed E-state index contributed by atoms with van der Waals surface area (Å²) in [7, 11) is 0. The molecule has 2 amide bonds. The fourth-order valence-corrected chi connectivity index (χ4v) is 4.81. The van der Waals surface area contributed by atoms with Gasteiger partial charge in [-0.05, 0) is 64.8 Å². The van der Waals surface area contributed by atoms with Gasteiger partial charge < -0.3 is 15.5 Å². The smallest absolute Gasteiger partial charge is 0.274 e. The van der Waals surface area contributed by atoms with Crippen LogP contribution in [0.1, 0.15) is 38.4 Å². The van der Waals surface area contributed by atoms with Crippen LogP contribution in [-0.4, -0.2) is 38.5 Å². The van der Waals surface area contributed by atoms with E-state index in [0.717, 1.165) is 0 Å². The maximum absolute atomic E-state index is 13.5. The minimum Gasteiger partial charge on any atom is -0.370 e. The Morgan fingerprint density at radius 1 is 1.08 bits per heavy atom. The second-order valence-corrected chi connectivity index (χ2v) is 10.0. The SMILES string of the molecule is Cc1cc(Cl)cc(C2=NOC(NC(=O)c3ccccc3)C2)c1NC(=O)c1cc(Br)nn1-c1ncccc1Cl. The zero-order valence-corrected chi connectivity index (χ0v) is 22.9. The number of pyridine rings is 1. The molecule has 9 nitrogen and oxygen atoms in total. The quantitative estimate of drug-likeness (QED) is 0.286. The average Bonchev–Trinajstić information content (AvgIpc) is 3.52. The van der Waals surface area contributed by atoms with Crippen LogP contribution in [0.2, 0.25) is 10.0 Å². The Bertz CT molecular complexity index is 1570. The molecule has 1 aliphatic heterocycles. The van der Waals surface area contributed by atoms with Crippen molar-refractivity contribution < 1.29 is 14.4 Å². The van der Waals surface area contributed by atoms with Crippen LogP contribution in [0.25, 0.3) is 5.82 Å². The normalized spacial score (nSPS) is 14.5. The minimum atomic E-state index is -0.677. The summed E-state index contributed by atoms with van der Waals surface area (Å²) >= 11 is 16.0. The number of aromatic nitrogens is 3. The highest BCUT2D eigenvalue weighted by Gasteiger charge is 2.28. The van der Waals surface area contributed by atoms with Crippen molar-refractivity contribution in [3.63, 3.8) is 0 Å². The first kappa shape index (κ1) is 25.9. The average molecular weight is 614 g/mol. The highest BCUT2D eigenvalue weighted by atomic mass is 79.9. The molecule has 0 aliphatic carbocycles. The van der Waals surface area contributed by atoms with Crippen LogP contribution in [-0.2, 0) is 4.84 Å². The number of oxime groups is 1. The Morgan fingerprint density at radius 3 is 2.63 bits per heavy atom. The summed E-state index contributed by atoms with van der Waals surface area (Å²) in [4.78, 5) is 35.8. The number of hydrogen-bond acceptors (Lipinski definition) is 6. The molecule has 192 valence electrons. The van der Waals surface area contributed by atoms with Gasteiger partial charge in [-0.1, -0.05) is 46.6 Å². The van der Waals surface area contributed by atoms with Crippen molar-refractivity contribution in [1.29, 1.82) is 0 Å². The van der Waals surface area contributed by atoms with Crippen molar-refractivity contribution in [2.75, 3.05) is 5.32 Å². The van der Waals surface area contributed by atoms with Gasteiger partial charge in [-0.25, -0.2) is 9.67 Å². The van der Waals surface area contributed by atoms with Crippen molar-refractivity contribution in [3.05, 3.63) is 104 Å². The molecule has 0 radical (unpaired) electrons. The number of carbonyl (C=O) groups is 2. The summed E-state index contributed by atoms with van der Waals surface area (Å²) < 4.78 is 1.79. The molecule has 1 unspecified atom stereocenters. The summed E-state index contributed by atoms with van der Waals surface area (Å²) in [6.07, 6.45) is 1.16. The Labute approximate surface area is 235 Å². The summed E-state index contributed by atoms with van der Waals surface area (Å²) in [5.41, 5.74) is 3.00. The highest BCUT2D eigenvalue weighted by Crippen LogP contribution is 2.30. The summed E-state index contributed by atoms with van der Waals surface area (Å²) in [5, 5.41) is 15.1. The van der Waals surface area contributed by atoms with Crippen LogP contribution in [0, 0.1) is 6.92 Å². The molecule has 2 N–H and O–H groups in total. The molecule has 4 aromatic rings. The standard InChI is InChI=1S/C26H19BrCl2N6O3/c1-14-10-16(28)11-17(19-12-22(38-34-19)31-25(36)15-6-3-2-4-7-15)23(14)32-26(37)20-13-21(27)33-35(20)24-18(29)8-5-9-30-24/h2-11,13,22H,12H2,1H3,(H,31,36)(H,32,37). The van der Waals surface area contributed by atoms with E-state index in [0.29, 0.717) is 48.6 Å². The Balaban J connectivity index is 1.40. The molecule has 2 aromatic heterocycles. The van der Waals surface area contributed by atoms with Crippen molar-refractivity contribution in [2.24, 2.45) is 5.16 Å². The predicted molar refractivity (Wildman–Crippen MR) is 148 cm³/mol. The van der Waals surface area contributed by atoms with Crippen LogP contribution in [0.4, 0.5) is 5.69 Å². The predicted octanol–water partition coefficient (Wildman–Crippen LogP) is 5.78. The van der Waals surface area contributed by atoms with E-state index >= 15 is 0 Å². The van der Waals surface area contributed by atoms with Crippen LogP contribution < -0.4 is 10.6 Å². The highest BCUT2D eigenvalue weighted by molar-refractivity contribution is 9.10. The van der Waals surface area contributed by atoms with Gasteiger partial charge in [-0.15, -0.1) is 0 Å². The lowest BCUT2D eigenvalue weighted by Crippen LogP contribution is -2.34. The summed E-state index contributed by atoms with van der Waals surface area (Å²) in [6, 6.07) is 17.1. The molecule has 5 rings (SSSR count). The molecule has 0 saturated heterocycles. The third-order valence-electron chi connectivity index (χ3n) is 5.70. The van der Waals surface area contributed by atoms with E-state index in [1.807, 2.05) is 13.0 Å². The Kier molecular flexibility index (Phi) is 7.46. The van der Waals surface area contributed by atoms with Crippen molar-refractivity contribution in [2.45, 2.75) is 19.6 Å². The summed E-state index contributed by atoms with van der Waals surface area (Å²) in [5.74, 6) is -0.427. The van der Waals surface area contributed by atoms with E-state index < -0.39 is 12.1 Å². The molecule has 38 heavy (non-hydrogen) atoms. The van der Waals surface area contributed by atoms with Crippen LogP contribution >= 0.6 is 39.1 Å². The summed E-state index contributed by atoms with van der Waals surface area (Å²) in [6.45, 7) is 1.82. The number of carbonyl (C=O) groups excluding carboxylic acids is 2. The number of anilines is 1. The van der Waals surface area contributed by atoms with E-state index in [2.05, 4.69) is 41.8 Å². The molecule has 2 aromatic carbocycles. The minimum absolute atomic E-state index is 0.204. The number of benzene rings is 2. The number of amides is 2. The molecule has 0 saturated carbocycles. The lowest BCUT2D eigenvalue weighted by molar-refractivity contribution is 0.0502.